The van der Waals surface area contributed by atoms with Crippen molar-refractivity contribution in [2.75, 3.05) is 23.7 Å². The number of rotatable bonds is 2. The van der Waals surface area contributed by atoms with Crippen LogP contribution in [0.1, 0.15) is 23.7 Å². The van der Waals surface area contributed by atoms with Gasteiger partial charge in [0, 0.05) is 13.1 Å². The maximum absolute atomic E-state index is 11.4. The van der Waals surface area contributed by atoms with Crippen molar-refractivity contribution in [3.8, 4) is 0 Å². The van der Waals surface area contributed by atoms with Gasteiger partial charge in [-0.25, -0.2) is 4.98 Å². The van der Waals surface area contributed by atoms with Crippen LogP contribution in [0.4, 0.5) is 11.5 Å². The van der Waals surface area contributed by atoms with Crippen molar-refractivity contribution in [3.05, 3.63) is 17.8 Å². The predicted octanol–water partition coefficient (Wildman–Crippen LogP) is -0.0302. The molecule has 0 bridgehead atoms. The molecule has 6 nitrogen and oxygen atoms in total. The highest BCUT2D eigenvalue weighted by molar-refractivity contribution is 5.98. The summed E-state index contributed by atoms with van der Waals surface area (Å²) in [5, 5.41) is 9.71. The topological polar surface area (TPSA) is 105 Å². The van der Waals surface area contributed by atoms with Gasteiger partial charge in [0.1, 0.15) is 5.82 Å². The van der Waals surface area contributed by atoms with Crippen LogP contribution >= 0.6 is 0 Å². The predicted molar refractivity (Wildman–Crippen MR) is 69.2 cm³/mol. The summed E-state index contributed by atoms with van der Waals surface area (Å²) in [5.74, 6) is 0.151. The highest BCUT2D eigenvalue weighted by Gasteiger charge is 2.27. The van der Waals surface area contributed by atoms with E-state index < -0.39 is 5.91 Å². The van der Waals surface area contributed by atoms with E-state index >= 15 is 0 Å². The molecule has 1 aromatic heterocycles. The number of aliphatic hydroxyl groups excluding tert-OH is 1. The summed E-state index contributed by atoms with van der Waals surface area (Å²) >= 11 is 0. The third-order valence-electron chi connectivity index (χ3n) is 3.31. The number of primary amides is 1. The Morgan fingerprint density at radius 1 is 1.61 bits per heavy atom. The van der Waals surface area contributed by atoms with Crippen LogP contribution in [0.25, 0.3) is 0 Å². The van der Waals surface area contributed by atoms with Crippen molar-refractivity contribution < 1.29 is 9.90 Å². The molecule has 5 N–H and O–H groups in total. The van der Waals surface area contributed by atoms with Crippen molar-refractivity contribution in [2.24, 2.45) is 11.7 Å². The molecule has 1 fully saturated rings. The maximum atomic E-state index is 11.4. The van der Waals surface area contributed by atoms with Crippen molar-refractivity contribution in [1.82, 2.24) is 4.98 Å². The Kier molecular flexibility index (Phi) is 3.38. The first-order valence-corrected chi connectivity index (χ1v) is 5.97. The van der Waals surface area contributed by atoms with E-state index in [0.29, 0.717) is 36.6 Å². The molecule has 0 aromatic carbocycles. The molecule has 1 aliphatic rings. The molecule has 1 saturated heterocycles. The molecule has 1 aliphatic heterocycles. The second-order valence-electron chi connectivity index (χ2n) is 4.78. The Bertz CT molecular complexity index is 463. The number of hydrogen-bond acceptors (Lipinski definition) is 5. The minimum atomic E-state index is -0.538. The molecular formula is C12H18N4O2. The fourth-order valence-corrected chi connectivity index (χ4v) is 2.23. The van der Waals surface area contributed by atoms with Gasteiger partial charge in [-0.1, -0.05) is 6.92 Å². The number of amides is 1. The lowest BCUT2D eigenvalue weighted by Gasteiger charge is -2.35. The van der Waals surface area contributed by atoms with Crippen molar-refractivity contribution >= 4 is 17.4 Å². The zero-order valence-corrected chi connectivity index (χ0v) is 10.3. The smallest absolute Gasteiger partial charge is 0.252 e. The molecule has 2 unspecified atom stereocenters. The normalized spacial score (nSPS) is 24.0. The van der Waals surface area contributed by atoms with Crippen LogP contribution in [0.3, 0.4) is 0 Å². The summed E-state index contributed by atoms with van der Waals surface area (Å²) in [7, 11) is 0. The second kappa shape index (κ2) is 4.81. The van der Waals surface area contributed by atoms with Gasteiger partial charge in [0.15, 0.2) is 0 Å². The fourth-order valence-electron chi connectivity index (χ4n) is 2.23. The standard InChI is InChI=1S/C12H18N4O2/c1-7-6-16(3-2-10(7)17)12-9(11(14)18)4-8(13)5-15-12/h4-5,7,10,17H,2-3,6,13H2,1H3,(H2,14,18). The van der Waals surface area contributed by atoms with E-state index in [2.05, 4.69) is 4.98 Å². The van der Waals surface area contributed by atoms with Gasteiger partial charge in [-0.2, -0.15) is 0 Å². The van der Waals surface area contributed by atoms with E-state index in [1.54, 1.807) is 6.07 Å². The lowest BCUT2D eigenvalue weighted by molar-refractivity contribution is 0.0964. The van der Waals surface area contributed by atoms with E-state index in [9.17, 15) is 9.90 Å². The van der Waals surface area contributed by atoms with Gasteiger partial charge in [-0.3, -0.25) is 4.79 Å². The van der Waals surface area contributed by atoms with Gasteiger partial charge < -0.3 is 21.5 Å². The van der Waals surface area contributed by atoms with Gasteiger partial charge in [0.2, 0.25) is 0 Å². The number of aliphatic hydroxyl groups is 1. The quantitative estimate of drug-likeness (QED) is 0.683. The van der Waals surface area contributed by atoms with E-state index in [1.165, 1.54) is 6.20 Å². The summed E-state index contributed by atoms with van der Waals surface area (Å²) in [4.78, 5) is 17.6. The molecule has 0 aliphatic carbocycles. The van der Waals surface area contributed by atoms with Gasteiger partial charge in [0.05, 0.1) is 23.6 Å². The van der Waals surface area contributed by atoms with Crippen LogP contribution in [-0.2, 0) is 0 Å². The zero-order chi connectivity index (χ0) is 13.3. The number of pyridine rings is 1. The Labute approximate surface area is 106 Å². The summed E-state index contributed by atoms with van der Waals surface area (Å²) in [6.07, 6.45) is 1.87. The molecule has 0 radical (unpaired) electrons. The first-order chi connectivity index (χ1) is 8.49. The molecule has 0 spiro atoms. The van der Waals surface area contributed by atoms with Crippen LogP contribution in [0, 0.1) is 5.92 Å². The first-order valence-electron chi connectivity index (χ1n) is 5.97. The number of carbonyl (C=O) groups excluding carboxylic acids is 1. The van der Waals surface area contributed by atoms with E-state index in [0.717, 1.165) is 0 Å². The molecular weight excluding hydrogens is 232 g/mol. The third kappa shape index (κ3) is 2.38. The average Bonchev–Trinajstić information content (AvgIpc) is 2.32. The SMILES string of the molecule is CC1CN(c2ncc(N)cc2C(N)=O)CCC1O. The maximum Gasteiger partial charge on any atom is 0.252 e. The summed E-state index contributed by atoms with van der Waals surface area (Å²) in [5.41, 5.74) is 11.7. The highest BCUT2D eigenvalue weighted by atomic mass is 16.3. The summed E-state index contributed by atoms with van der Waals surface area (Å²) in [6.45, 7) is 3.28. The third-order valence-corrected chi connectivity index (χ3v) is 3.31. The Hall–Kier alpha value is -1.82. The van der Waals surface area contributed by atoms with Gasteiger partial charge in [-0.15, -0.1) is 0 Å². The molecule has 98 valence electrons. The van der Waals surface area contributed by atoms with Crippen molar-refractivity contribution in [1.29, 1.82) is 0 Å². The molecule has 2 heterocycles. The number of nitrogens with zero attached hydrogens (tertiary/aromatic N) is 2. The van der Waals surface area contributed by atoms with Gasteiger partial charge in [-0.05, 0) is 18.4 Å². The molecule has 18 heavy (non-hydrogen) atoms. The van der Waals surface area contributed by atoms with Crippen LogP contribution in [0.15, 0.2) is 12.3 Å². The lowest BCUT2D eigenvalue weighted by atomic mass is 9.96. The number of piperidine rings is 1. The van der Waals surface area contributed by atoms with Crippen LogP contribution in [0.2, 0.25) is 0 Å². The number of aromatic nitrogens is 1. The Morgan fingerprint density at radius 3 is 2.94 bits per heavy atom. The fraction of sp³-hybridized carbons (Fsp3) is 0.500. The number of nitrogen functional groups attached to an aromatic ring is 1. The van der Waals surface area contributed by atoms with Crippen LogP contribution < -0.4 is 16.4 Å². The number of hydrogen-bond donors (Lipinski definition) is 3. The van der Waals surface area contributed by atoms with Crippen molar-refractivity contribution in [3.63, 3.8) is 0 Å². The van der Waals surface area contributed by atoms with Crippen LogP contribution in [-0.4, -0.2) is 35.2 Å². The number of carbonyl (C=O) groups is 1. The summed E-state index contributed by atoms with van der Waals surface area (Å²) in [6, 6.07) is 1.54. The van der Waals surface area contributed by atoms with Gasteiger partial charge >= 0.3 is 0 Å². The first kappa shape index (κ1) is 12.6. The molecule has 2 rings (SSSR count). The van der Waals surface area contributed by atoms with E-state index in [-0.39, 0.29) is 12.0 Å². The molecule has 1 amide bonds. The van der Waals surface area contributed by atoms with E-state index in [1.807, 2.05) is 11.8 Å². The zero-order valence-electron chi connectivity index (χ0n) is 10.3. The van der Waals surface area contributed by atoms with Crippen molar-refractivity contribution in [2.45, 2.75) is 19.4 Å². The summed E-state index contributed by atoms with van der Waals surface area (Å²) < 4.78 is 0. The minimum Gasteiger partial charge on any atom is -0.397 e. The average molecular weight is 250 g/mol. The molecule has 2 atom stereocenters. The number of nitrogens with two attached hydrogens (primary N) is 2. The largest absolute Gasteiger partial charge is 0.397 e. The second-order valence-corrected chi connectivity index (χ2v) is 4.78. The molecule has 6 heteroatoms. The Balaban J connectivity index is 2.30. The Morgan fingerprint density at radius 2 is 2.33 bits per heavy atom. The molecule has 0 saturated carbocycles. The highest BCUT2D eigenvalue weighted by Crippen LogP contribution is 2.25. The monoisotopic (exact) mass is 250 g/mol. The number of anilines is 2. The van der Waals surface area contributed by atoms with Crippen LogP contribution in [0.5, 0.6) is 0 Å². The lowest BCUT2D eigenvalue weighted by Crippen LogP contribution is -2.43. The van der Waals surface area contributed by atoms with E-state index in [4.69, 9.17) is 11.5 Å². The minimum absolute atomic E-state index is 0.138. The van der Waals surface area contributed by atoms with Gasteiger partial charge in [0.25, 0.3) is 5.91 Å². The molecule has 1 aromatic rings.